The summed E-state index contributed by atoms with van der Waals surface area (Å²) in [4.78, 5) is 26.1. The molecular formula is C18H16F3N3O2. The summed E-state index contributed by atoms with van der Waals surface area (Å²) >= 11 is 0. The summed E-state index contributed by atoms with van der Waals surface area (Å²) in [7, 11) is 0. The van der Waals surface area contributed by atoms with Crippen molar-refractivity contribution in [3.63, 3.8) is 0 Å². The van der Waals surface area contributed by atoms with Crippen LogP contribution in [0.2, 0.25) is 0 Å². The Morgan fingerprint density at radius 3 is 2.69 bits per heavy atom. The van der Waals surface area contributed by atoms with Crippen LogP contribution in [0.3, 0.4) is 0 Å². The van der Waals surface area contributed by atoms with Crippen LogP contribution in [0.25, 0.3) is 0 Å². The minimum absolute atomic E-state index is 0.0972. The van der Waals surface area contributed by atoms with Crippen molar-refractivity contribution < 1.29 is 22.8 Å². The summed E-state index contributed by atoms with van der Waals surface area (Å²) in [6, 6.07) is 8.19. The van der Waals surface area contributed by atoms with Crippen LogP contribution < -0.4 is 15.5 Å². The molecule has 2 aromatic carbocycles. The molecule has 0 aliphatic carbocycles. The predicted octanol–water partition coefficient (Wildman–Crippen LogP) is 3.28. The van der Waals surface area contributed by atoms with Crippen molar-refractivity contribution >= 4 is 28.9 Å². The number of hydrogen-bond acceptors (Lipinski definition) is 3. The highest BCUT2D eigenvalue weighted by Gasteiger charge is 2.29. The quantitative estimate of drug-likeness (QED) is 0.823. The Morgan fingerprint density at radius 1 is 1.19 bits per heavy atom. The molecule has 1 atom stereocenters. The summed E-state index contributed by atoms with van der Waals surface area (Å²) in [6.07, 6.45) is 0.0972. The van der Waals surface area contributed by atoms with Gasteiger partial charge in [-0.1, -0.05) is 12.1 Å². The molecule has 8 heteroatoms. The lowest BCUT2D eigenvalue weighted by Crippen LogP contribution is -2.42. The minimum Gasteiger partial charge on any atom is -0.374 e. The molecule has 0 spiro atoms. The van der Waals surface area contributed by atoms with E-state index in [4.69, 9.17) is 0 Å². The number of halogens is 3. The molecule has 0 bridgehead atoms. The zero-order valence-electron chi connectivity index (χ0n) is 13.9. The maximum absolute atomic E-state index is 13.7. The minimum atomic E-state index is -1.61. The molecule has 0 saturated carbocycles. The van der Waals surface area contributed by atoms with Gasteiger partial charge in [-0.15, -0.1) is 0 Å². The fraction of sp³-hybridized carbons (Fsp3) is 0.222. The van der Waals surface area contributed by atoms with Gasteiger partial charge in [0.15, 0.2) is 17.5 Å². The smallest absolute Gasteiger partial charge is 0.246 e. The molecule has 3 rings (SSSR count). The molecule has 1 heterocycles. The first-order valence-electron chi connectivity index (χ1n) is 7.96. The Bertz CT molecular complexity index is 873. The van der Waals surface area contributed by atoms with Crippen molar-refractivity contribution in [2.75, 3.05) is 22.1 Å². The lowest BCUT2D eigenvalue weighted by atomic mass is 10.1. The zero-order valence-corrected chi connectivity index (χ0v) is 13.9. The molecule has 0 aromatic heterocycles. The molecule has 0 unspecified atom stereocenters. The molecule has 1 aliphatic heterocycles. The van der Waals surface area contributed by atoms with Crippen LogP contribution in [-0.4, -0.2) is 24.4 Å². The second-order valence-corrected chi connectivity index (χ2v) is 5.96. The third kappa shape index (κ3) is 3.35. The number of benzene rings is 2. The van der Waals surface area contributed by atoms with Crippen molar-refractivity contribution in [3.05, 3.63) is 53.8 Å². The summed E-state index contributed by atoms with van der Waals surface area (Å²) in [5, 5.41) is 5.21. The number of para-hydroxylation sites is 2. The van der Waals surface area contributed by atoms with Crippen LogP contribution in [0, 0.1) is 17.5 Å². The van der Waals surface area contributed by atoms with Crippen LogP contribution in [0.15, 0.2) is 36.4 Å². The second kappa shape index (κ2) is 7.07. The van der Waals surface area contributed by atoms with E-state index in [0.717, 1.165) is 12.1 Å². The highest BCUT2D eigenvalue weighted by atomic mass is 19.2. The van der Waals surface area contributed by atoms with Gasteiger partial charge in [0.2, 0.25) is 11.8 Å². The second-order valence-electron chi connectivity index (χ2n) is 5.96. The average Bonchev–Trinajstić information content (AvgIpc) is 2.73. The van der Waals surface area contributed by atoms with Crippen LogP contribution in [0.5, 0.6) is 0 Å². The first-order chi connectivity index (χ1) is 12.4. The lowest BCUT2D eigenvalue weighted by molar-refractivity contribution is -0.118. The molecule has 2 aromatic rings. The fourth-order valence-electron chi connectivity index (χ4n) is 2.89. The molecule has 2 N–H and O–H groups in total. The van der Waals surface area contributed by atoms with E-state index in [-0.39, 0.29) is 24.6 Å². The van der Waals surface area contributed by atoms with E-state index >= 15 is 0 Å². The van der Waals surface area contributed by atoms with Gasteiger partial charge in [-0.2, -0.15) is 0 Å². The number of carbonyl (C=O) groups is 2. The van der Waals surface area contributed by atoms with Gasteiger partial charge >= 0.3 is 0 Å². The first-order valence-corrected chi connectivity index (χ1v) is 7.96. The number of nitrogens with one attached hydrogen (secondary N) is 2. The number of nitrogens with zero attached hydrogens (tertiary/aromatic N) is 1. The Balaban J connectivity index is 1.83. The normalized spacial score (nSPS) is 16.5. The molecule has 0 fully saturated rings. The average molecular weight is 363 g/mol. The largest absolute Gasteiger partial charge is 0.374 e. The number of amides is 2. The Morgan fingerprint density at radius 2 is 1.92 bits per heavy atom. The third-order valence-electron chi connectivity index (χ3n) is 4.09. The molecule has 1 aliphatic rings. The zero-order chi connectivity index (χ0) is 18.8. The maximum atomic E-state index is 13.7. The Hall–Kier alpha value is -3.03. The Labute approximate surface area is 147 Å². The molecular weight excluding hydrogens is 347 g/mol. The van der Waals surface area contributed by atoms with E-state index in [0.29, 0.717) is 11.4 Å². The van der Waals surface area contributed by atoms with Crippen LogP contribution in [-0.2, 0) is 9.59 Å². The number of carbonyl (C=O) groups excluding carboxylic acids is 2. The third-order valence-corrected chi connectivity index (χ3v) is 4.09. The first kappa shape index (κ1) is 17.8. The highest BCUT2D eigenvalue weighted by molar-refractivity contribution is 6.05. The van der Waals surface area contributed by atoms with Gasteiger partial charge in [0.05, 0.1) is 23.6 Å². The fourth-order valence-corrected chi connectivity index (χ4v) is 2.89. The molecule has 26 heavy (non-hydrogen) atoms. The van der Waals surface area contributed by atoms with Gasteiger partial charge in [-0.25, -0.2) is 13.2 Å². The maximum Gasteiger partial charge on any atom is 0.246 e. The van der Waals surface area contributed by atoms with Crippen molar-refractivity contribution in [3.8, 4) is 0 Å². The molecule has 0 radical (unpaired) electrons. The van der Waals surface area contributed by atoms with Gasteiger partial charge in [0.25, 0.3) is 0 Å². The SMILES string of the molecule is C[C@H]1CC(=O)Nc2ccccc2N1C(=O)CNc1ccc(F)c(F)c1F. The molecule has 0 saturated heterocycles. The highest BCUT2D eigenvalue weighted by Crippen LogP contribution is 2.31. The number of hydrogen-bond donors (Lipinski definition) is 2. The number of fused-ring (bicyclic) bond motifs is 1. The summed E-state index contributed by atoms with van der Waals surface area (Å²) in [5.74, 6) is -4.96. The van der Waals surface area contributed by atoms with E-state index in [1.165, 1.54) is 4.90 Å². The van der Waals surface area contributed by atoms with Crippen LogP contribution in [0.4, 0.5) is 30.2 Å². The summed E-state index contributed by atoms with van der Waals surface area (Å²) in [6.45, 7) is 1.37. The van der Waals surface area contributed by atoms with Gasteiger partial charge in [0, 0.05) is 12.5 Å². The van der Waals surface area contributed by atoms with Gasteiger partial charge < -0.3 is 15.5 Å². The van der Waals surface area contributed by atoms with Gasteiger partial charge in [-0.3, -0.25) is 9.59 Å². The van der Waals surface area contributed by atoms with E-state index in [1.54, 1.807) is 31.2 Å². The van der Waals surface area contributed by atoms with Crippen molar-refractivity contribution in [2.24, 2.45) is 0 Å². The predicted molar refractivity (Wildman–Crippen MR) is 91.4 cm³/mol. The van der Waals surface area contributed by atoms with E-state index < -0.39 is 29.4 Å². The van der Waals surface area contributed by atoms with E-state index in [1.807, 2.05) is 0 Å². The molecule has 2 amide bonds. The summed E-state index contributed by atoms with van der Waals surface area (Å²) < 4.78 is 40.0. The van der Waals surface area contributed by atoms with Crippen molar-refractivity contribution in [1.82, 2.24) is 0 Å². The number of anilines is 3. The number of rotatable bonds is 3. The molecule has 5 nitrogen and oxygen atoms in total. The van der Waals surface area contributed by atoms with Crippen molar-refractivity contribution in [2.45, 2.75) is 19.4 Å². The van der Waals surface area contributed by atoms with Crippen molar-refractivity contribution in [1.29, 1.82) is 0 Å². The monoisotopic (exact) mass is 363 g/mol. The van der Waals surface area contributed by atoms with Crippen LogP contribution in [0.1, 0.15) is 13.3 Å². The Kier molecular flexibility index (Phi) is 4.83. The van der Waals surface area contributed by atoms with Crippen LogP contribution >= 0.6 is 0 Å². The standard InChI is InChI=1S/C18H16F3N3O2/c1-10-8-15(25)23-12-4-2-3-5-14(12)24(10)16(26)9-22-13-7-6-11(19)17(20)18(13)21/h2-7,10,22H,8-9H2,1H3,(H,23,25)/t10-/m0/s1. The topological polar surface area (TPSA) is 61.4 Å². The van der Waals surface area contributed by atoms with Gasteiger partial charge in [0.1, 0.15) is 0 Å². The van der Waals surface area contributed by atoms with Gasteiger partial charge in [-0.05, 0) is 31.2 Å². The lowest BCUT2D eigenvalue weighted by Gasteiger charge is -2.28. The molecule has 136 valence electrons. The summed E-state index contributed by atoms with van der Waals surface area (Å²) in [5.41, 5.74) is 0.694. The van der Waals surface area contributed by atoms with E-state index in [9.17, 15) is 22.8 Å². The van der Waals surface area contributed by atoms with E-state index in [2.05, 4.69) is 10.6 Å².